The van der Waals surface area contributed by atoms with Crippen molar-refractivity contribution in [3.8, 4) is 5.75 Å². The Labute approximate surface area is 236 Å². The number of benzene rings is 2. The molecule has 0 saturated heterocycles. The lowest BCUT2D eigenvalue weighted by Gasteiger charge is -2.32. The van der Waals surface area contributed by atoms with Gasteiger partial charge in [-0.3, -0.25) is 4.79 Å². The molecule has 2 atom stereocenters. The molecule has 8 nitrogen and oxygen atoms in total. The van der Waals surface area contributed by atoms with Crippen LogP contribution in [0.2, 0.25) is 5.02 Å². The minimum atomic E-state index is -0.929. The minimum absolute atomic E-state index is 0.0134. The number of phenolic OH excluding ortho intramolecular Hbond substituents is 1. The second kappa shape index (κ2) is 13.7. The summed E-state index contributed by atoms with van der Waals surface area (Å²) < 4.78 is 0.559. The van der Waals surface area contributed by atoms with Crippen LogP contribution in [0.1, 0.15) is 44.4 Å². The van der Waals surface area contributed by atoms with E-state index in [9.17, 15) is 24.9 Å². The highest BCUT2D eigenvalue weighted by molar-refractivity contribution is 7.99. The number of aromatic hydroxyl groups is 1. The summed E-state index contributed by atoms with van der Waals surface area (Å²) in [5, 5.41) is 34.5. The van der Waals surface area contributed by atoms with Gasteiger partial charge >= 0.3 is 11.0 Å². The van der Waals surface area contributed by atoms with Crippen LogP contribution in [0.15, 0.2) is 41.2 Å². The van der Waals surface area contributed by atoms with Gasteiger partial charge in [-0.05, 0) is 36.0 Å². The van der Waals surface area contributed by atoms with Gasteiger partial charge in [0.05, 0.1) is 10.8 Å². The summed E-state index contributed by atoms with van der Waals surface area (Å²) in [6.45, 7) is 8.28. The number of rotatable bonds is 13. The number of fused-ring (bicyclic) bond motifs is 1. The van der Waals surface area contributed by atoms with Gasteiger partial charge in [-0.15, -0.1) is 0 Å². The summed E-state index contributed by atoms with van der Waals surface area (Å²) in [4.78, 5) is 27.4. The number of thiazole rings is 1. The highest BCUT2D eigenvalue weighted by Crippen LogP contribution is 2.33. The van der Waals surface area contributed by atoms with E-state index in [1.807, 2.05) is 24.3 Å². The Morgan fingerprint density at radius 1 is 1.21 bits per heavy atom. The average Bonchev–Trinajstić information content (AvgIpc) is 3.24. The molecule has 3 rings (SSSR count). The highest BCUT2D eigenvalue weighted by atomic mass is 35.5. The molecule has 38 heavy (non-hydrogen) atoms. The summed E-state index contributed by atoms with van der Waals surface area (Å²) >= 11 is 8.99. The number of amides is 1. The van der Waals surface area contributed by atoms with Crippen molar-refractivity contribution in [2.75, 3.05) is 31.9 Å². The first-order valence-corrected chi connectivity index (χ1v) is 14.8. The Balaban J connectivity index is 1.48. The van der Waals surface area contributed by atoms with Gasteiger partial charge in [-0.25, -0.2) is 4.79 Å². The Morgan fingerprint density at radius 3 is 2.63 bits per heavy atom. The molecule has 2 aromatic carbocycles. The van der Waals surface area contributed by atoms with E-state index in [0.717, 1.165) is 29.1 Å². The molecule has 1 aromatic heterocycles. The number of phenols is 1. The number of hydrogen-bond acceptors (Lipinski definition) is 7. The van der Waals surface area contributed by atoms with E-state index in [1.165, 1.54) is 11.0 Å². The number of aliphatic hydroxyl groups excluding tert-OH is 1. The van der Waals surface area contributed by atoms with Gasteiger partial charge in [0.2, 0.25) is 0 Å². The van der Waals surface area contributed by atoms with Crippen molar-refractivity contribution in [1.82, 2.24) is 15.2 Å². The third kappa shape index (κ3) is 8.38. The van der Waals surface area contributed by atoms with Gasteiger partial charge in [0.25, 0.3) is 0 Å². The number of carboxylic acid groups (broad SMARTS) is 1. The second-order valence-corrected chi connectivity index (χ2v) is 12.9. The Morgan fingerprint density at radius 2 is 1.95 bits per heavy atom. The molecule has 208 valence electrons. The smallest absolute Gasteiger partial charge is 0.407 e. The molecule has 0 radical (unpaired) electrons. The van der Waals surface area contributed by atoms with Crippen molar-refractivity contribution in [2.24, 2.45) is 5.41 Å². The van der Waals surface area contributed by atoms with Gasteiger partial charge in [-0.2, -0.15) is 11.8 Å². The minimum Gasteiger partial charge on any atom is -0.506 e. The van der Waals surface area contributed by atoms with Gasteiger partial charge in [0, 0.05) is 47.8 Å². The quantitative estimate of drug-likeness (QED) is 0.173. The van der Waals surface area contributed by atoms with Crippen LogP contribution in [-0.2, 0) is 6.42 Å². The maximum atomic E-state index is 11.9. The predicted octanol–water partition coefficient (Wildman–Crippen LogP) is 5.33. The number of aromatic amines is 1. The lowest BCUT2D eigenvalue weighted by atomic mass is 9.89. The average molecular weight is 582 g/mol. The Bertz CT molecular complexity index is 1270. The number of nitrogens with one attached hydrogen (secondary N) is 2. The van der Waals surface area contributed by atoms with E-state index >= 15 is 0 Å². The van der Waals surface area contributed by atoms with Crippen LogP contribution in [-0.4, -0.2) is 68.5 Å². The van der Waals surface area contributed by atoms with Crippen molar-refractivity contribution in [2.45, 2.75) is 45.0 Å². The van der Waals surface area contributed by atoms with Crippen LogP contribution < -0.4 is 10.2 Å². The molecule has 1 amide bonds. The van der Waals surface area contributed by atoms with Crippen molar-refractivity contribution in [3.63, 3.8) is 0 Å². The molecular formula is C27H36ClN3O5S2. The zero-order valence-corrected chi connectivity index (χ0v) is 24.3. The molecule has 0 aliphatic rings. The monoisotopic (exact) mass is 581 g/mol. The van der Waals surface area contributed by atoms with E-state index in [2.05, 4.69) is 31.1 Å². The van der Waals surface area contributed by atoms with E-state index in [4.69, 9.17) is 11.6 Å². The van der Waals surface area contributed by atoms with Crippen molar-refractivity contribution in [3.05, 3.63) is 62.2 Å². The third-order valence-corrected chi connectivity index (χ3v) is 9.47. The fourth-order valence-corrected chi connectivity index (χ4v) is 6.69. The van der Waals surface area contributed by atoms with Gasteiger partial charge in [0.15, 0.2) is 0 Å². The number of carbonyl (C=O) groups is 1. The lowest BCUT2D eigenvalue weighted by molar-refractivity contribution is 0.143. The molecule has 1 unspecified atom stereocenters. The normalized spacial score (nSPS) is 13.5. The summed E-state index contributed by atoms with van der Waals surface area (Å²) in [5.74, 6) is 0.779. The molecule has 11 heteroatoms. The molecule has 0 aliphatic heterocycles. The first-order valence-electron chi connectivity index (χ1n) is 12.5. The molecule has 1 heterocycles. The molecule has 0 bridgehead atoms. The maximum absolute atomic E-state index is 11.9. The third-order valence-electron chi connectivity index (χ3n) is 6.39. The van der Waals surface area contributed by atoms with E-state index in [0.29, 0.717) is 53.4 Å². The van der Waals surface area contributed by atoms with Crippen LogP contribution in [0.4, 0.5) is 4.79 Å². The molecule has 0 fully saturated rings. The zero-order valence-electron chi connectivity index (χ0n) is 21.9. The van der Waals surface area contributed by atoms with Gasteiger partial charge < -0.3 is 30.5 Å². The molecule has 0 saturated carbocycles. The Hall–Kier alpha value is -2.24. The van der Waals surface area contributed by atoms with Crippen LogP contribution in [0.5, 0.6) is 5.75 Å². The Kier molecular flexibility index (Phi) is 10.9. The summed E-state index contributed by atoms with van der Waals surface area (Å²) in [7, 11) is 0. The number of nitrogens with zero attached hydrogens (tertiary/aromatic N) is 1. The van der Waals surface area contributed by atoms with Crippen molar-refractivity contribution < 1.29 is 20.1 Å². The van der Waals surface area contributed by atoms with Gasteiger partial charge in [0.1, 0.15) is 11.3 Å². The fraction of sp³-hybridized carbons (Fsp3) is 0.481. The molecule has 0 aliphatic carbocycles. The first-order chi connectivity index (χ1) is 18.0. The molecule has 0 spiro atoms. The SMILES string of the molecule is CC(C)(C)C(CCN(CCc1ccccc1Cl)C(=O)O)SCCNC[C@H](O)c1ccc(O)c2[nH]c(=O)sc12. The number of aliphatic hydroxyl groups is 1. The van der Waals surface area contributed by atoms with E-state index < -0.39 is 12.2 Å². The summed E-state index contributed by atoms with van der Waals surface area (Å²) in [6.07, 6.45) is -0.460. The molecule has 3 aromatic rings. The number of hydrogen-bond donors (Lipinski definition) is 5. The highest BCUT2D eigenvalue weighted by Gasteiger charge is 2.26. The number of halogens is 1. The van der Waals surface area contributed by atoms with Crippen LogP contribution >= 0.6 is 34.7 Å². The maximum Gasteiger partial charge on any atom is 0.407 e. The zero-order chi connectivity index (χ0) is 27.9. The standard InChI is InChI=1S/C27H36ClN3O5S2/c1-27(2,3)22(11-14-31(26(35)36)13-10-17-6-4-5-7-19(17)28)37-15-12-29-16-21(33)18-8-9-20(32)23-24(18)38-25(34)30-23/h4-9,21-22,29,32-33H,10-16H2,1-3H3,(H,30,34)(H,35,36)/t21-,22?/m0/s1. The number of aromatic nitrogens is 1. The van der Waals surface area contributed by atoms with Gasteiger partial charge in [-0.1, -0.05) is 68.0 Å². The van der Waals surface area contributed by atoms with Crippen molar-refractivity contribution >= 4 is 51.0 Å². The van der Waals surface area contributed by atoms with Crippen LogP contribution in [0, 0.1) is 5.41 Å². The van der Waals surface area contributed by atoms with Crippen molar-refractivity contribution in [1.29, 1.82) is 0 Å². The second-order valence-electron chi connectivity index (χ2n) is 10.2. The van der Waals surface area contributed by atoms with E-state index in [-0.39, 0.29) is 21.3 Å². The van der Waals surface area contributed by atoms with Crippen LogP contribution in [0.3, 0.4) is 0 Å². The summed E-state index contributed by atoms with van der Waals surface area (Å²) in [6, 6.07) is 10.6. The first kappa shape index (κ1) is 30.3. The van der Waals surface area contributed by atoms with E-state index in [1.54, 1.807) is 17.8 Å². The fourth-order valence-electron chi connectivity index (χ4n) is 4.22. The molecule has 5 N–H and O–H groups in total. The lowest BCUT2D eigenvalue weighted by Crippen LogP contribution is -2.36. The largest absolute Gasteiger partial charge is 0.506 e. The number of thioether (sulfide) groups is 1. The van der Waals surface area contributed by atoms with Crippen LogP contribution in [0.25, 0.3) is 10.2 Å². The predicted molar refractivity (Wildman–Crippen MR) is 157 cm³/mol. The molecular weight excluding hydrogens is 546 g/mol. The summed E-state index contributed by atoms with van der Waals surface area (Å²) in [5.41, 5.74) is 1.87. The topological polar surface area (TPSA) is 126 Å². The number of H-pyrrole nitrogens is 1.